The van der Waals surface area contributed by atoms with Gasteiger partial charge < -0.3 is 9.97 Å². The van der Waals surface area contributed by atoms with Crippen molar-refractivity contribution in [3.8, 4) is 0 Å². The quantitative estimate of drug-likeness (QED) is 0.181. The Balaban J connectivity index is 1.57. The van der Waals surface area contributed by atoms with Gasteiger partial charge in [0.2, 0.25) is 0 Å². The van der Waals surface area contributed by atoms with Crippen LogP contribution >= 0.6 is 127 Å². The molecular weight excluding hydrogens is 1140 g/mol. The zero-order valence-corrected chi connectivity index (χ0v) is 37.3. The Morgan fingerprint density at radius 1 is 0.429 bits per heavy atom. The number of benzene rings is 3. The number of nitrogens with one attached hydrogen (secondary N) is 2. The highest BCUT2D eigenvalue weighted by Crippen LogP contribution is 2.52. The highest BCUT2D eigenvalue weighted by molar-refractivity contribution is 9.15. The summed E-state index contributed by atoms with van der Waals surface area (Å²) in [6, 6.07) is 31.1. The monoisotopic (exact) mass is 1150 g/mol. The van der Waals surface area contributed by atoms with E-state index < -0.39 is 0 Å². The molecule has 4 nitrogen and oxygen atoms in total. The standard InChI is InChI=1S/C37H18Br8N4/c38-22-24(40)32-20(17-12-6-2-7-13-17)34-26(42)28(44)36(48-34)37-29(45)27(43)35(49-37)21(18-14-8-3-9-15-18)33-25(41)23(39)31(47-33)19(30(22)46-32)16-10-4-1-5-11-16/h1-15,19,46-47H/b34-20-,35-21-. The summed E-state index contributed by atoms with van der Waals surface area (Å²) >= 11 is 31.6. The lowest BCUT2D eigenvalue weighted by Crippen LogP contribution is -2.11. The molecule has 8 rings (SSSR count). The van der Waals surface area contributed by atoms with Crippen LogP contribution in [0.25, 0.3) is 11.1 Å². The highest BCUT2D eigenvalue weighted by atomic mass is 79.9. The second-order valence-corrected chi connectivity index (χ2v) is 17.6. The lowest BCUT2D eigenvalue weighted by Gasteiger charge is -2.18. The van der Waals surface area contributed by atoms with E-state index in [9.17, 15) is 0 Å². The molecule has 0 fully saturated rings. The molecule has 3 aromatic carbocycles. The first kappa shape index (κ1) is 34.4. The van der Waals surface area contributed by atoms with E-state index in [1.165, 1.54) is 0 Å². The van der Waals surface area contributed by atoms with Gasteiger partial charge in [0.1, 0.15) is 11.4 Å². The van der Waals surface area contributed by atoms with E-state index in [2.05, 4.69) is 186 Å². The number of aliphatic imine (C=N–C) groups is 2. The Morgan fingerprint density at radius 3 is 1.18 bits per heavy atom. The molecule has 3 aliphatic heterocycles. The molecule has 12 heteroatoms. The average Bonchev–Trinajstić information content (AvgIpc) is 3.78. The smallest absolute Gasteiger partial charge is 0.106 e. The molecule has 0 radical (unpaired) electrons. The largest absolute Gasteiger partial charge is 0.356 e. The van der Waals surface area contributed by atoms with Gasteiger partial charge in [0.05, 0.1) is 64.5 Å². The van der Waals surface area contributed by atoms with Crippen molar-refractivity contribution in [3.05, 3.63) is 178 Å². The van der Waals surface area contributed by atoms with Crippen molar-refractivity contribution in [2.24, 2.45) is 9.98 Å². The van der Waals surface area contributed by atoms with Crippen molar-refractivity contribution in [2.75, 3.05) is 0 Å². The molecule has 0 spiro atoms. The van der Waals surface area contributed by atoms with E-state index in [0.29, 0.717) is 11.4 Å². The summed E-state index contributed by atoms with van der Waals surface area (Å²) in [7, 11) is 0. The Labute approximate surface area is 349 Å². The van der Waals surface area contributed by atoms with Gasteiger partial charge in [0, 0.05) is 22.5 Å². The van der Waals surface area contributed by atoms with Crippen molar-refractivity contribution in [1.82, 2.24) is 9.97 Å². The maximum atomic E-state index is 5.32. The summed E-state index contributed by atoms with van der Waals surface area (Å²) in [6.45, 7) is 0. The maximum absolute atomic E-state index is 5.32. The van der Waals surface area contributed by atoms with Crippen molar-refractivity contribution in [3.63, 3.8) is 0 Å². The molecule has 2 N–H and O–H groups in total. The van der Waals surface area contributed by atoms with Gasteiger partial charge in [-0.15, -0.1) is 0 Å². The Hall–Kier alpha value is -1.64. The zero-order chi connectivity index (χ0) is 34.1. The third kappa shape index (κ3) is 5.71. The molecule has 49 heavy (non-hydrogen) atoms. The fraction of sp³-hybridized carbons (Fsp3) is 0.0270. The molecular formula is C37H18Br8N4. The summed E-state index contributed by atoms with van der Waals surface area (Å²) in [6.07, 6.45) is 0. The Bertz CT molecular complexity index is 2250. The molecule has 5 aromatic rings. The summed E-state index contributed by atoms with van der Waals surface area (Å²) in [5.41, 5.74) is 11.6. The first-order chi connectivity index (χ1) is 23.7. The topological polar surface area (TPSA) is 56.3 Å². The van der Waals surface area contributed by atoms with Gasteiger partial charge in [-0.2, -0.15) is 0 Å². The molecule has 0 unspecified atom stereocenters. The summed E-state index contributed by atoms with van der Waals surface area (Å²) < 4.78 is 6.85. The van der Waals surface area contributed by atoms with Crippen LogP contribution < -0.4 is 0 Å². The fourth-order valence-corrected chi connectivity index (χ4v) is 10.3. The number of allylic oxidation sites excluding steroid dienone is 4. The Morgan fingerprint density at radius 2 is 0.796 bits per heavy atom. The fourth-order valence-electron chi connectivity index (χ4n) is 6.30. The molecule has 5 heterocycles. The van der Waals surface area contributed by atoms with Crippen LogP contribution in [-0.4, -0.2) is 21.4 Å². The van der Waals surface area contributed by atoms with Gasteiger partial charge in [-0.1, -0.05) is 91.0 Å². The van der Waals surface area contributed by atoms with Gasteiger partial charge in [0.25, 0.3) is 0 Å². The van der Waals surface area contributed by atoms with Crippen LogP contribution in [0.3, 0.4) is 0 Å². The lowest BCUT2D eigenvalue weighted by atomic mass is 9.93. The number of H-pyrrole nitrogens is 2. The lowest BCUT2D eigenvalue weighted by molar-refractivity contribution is 0.883. The normalized spacial score (nSPS) is 19.3. The van der Waals surface area contributed by atoms with E-state index in [1.54, 1.807) is 0 Å². The second kappa shape index (κ2) is 13.7. The molecule has 3 aliphatic rings. The van der Waals surface area contributed by atoms with Gasteiger partial charge in [-0.3, -0.25) is 0 Å². The number of nitrogens with zero attached hydrogens (tertiary/aromatic N) is 2. The molecule has 0 atom stereocenters. The van der Waals surface area contributed by atoms with Crippen LogP contribution in [0.5, 0.6) is 0 Å². The number of fused-ring (bicyclic) bond motifs is 7. The van der Waals surface area contributed by atoms with Crippen molar-refractivity contribution in [2.45, 2.75) is 5.92 Å². The third-order valence-corrected chi connectivity index (χ3v) is 17.0. The van der Waals surface area contributed by atoms with Crippen LogP contribution in [0.4, 0.5) is 0 Å². The minimum absolute atomic E-state index is 0.240. The number of aromatic nitrogens is 2. The number of rotatable bonds is 3. The second-order valence-electron chi connectivity index (χ2n) is 11.3. The summed E-state index contributed by atoms with van der Waals surface area (Å²) in [5.74, 6) is -0.240. The van der Waals surface area contributed by atoms with Crippen LogP contribution in [0.2, 0.25) is 0 Å². The predicted molar refractivity (Wildman–Crippen MR) is 229 cm³/mol. The summed E-state index contributed by atoms with van der Waals surface area (Å²) in [5, 5.41) is 0. The first-order valence-corrected chi connectivity index (χ1v) is 21.1. The van der Waals surface area contributed by atoms with Crippen molar-refractivity contribution < 1.29 is 0 Å². The molecule has 8 bridgehead atoms. The van der Waals surface area contributed by atoms with Crippen LogP contribution in [0.15, 0.2) is 148 Å². The molecule has 0 saturated heterocycles. The SMILES string of the molecule is BrC1=C(Br)/C2=C(\c3ccccc3)c3[nH]c(c(Br)c3Br)C(c3ccccc3)c3[nH]c(c(Br)c3Br)/C(c3ccccc3)=C3\N=C(C1=N2)C(Br)=C3Br. The average molecular weight is 1160 g/mol. The minimum atomic E-state index is -0.240. The van der Waals surface area contributed by atoms with Crippen molar-refractivity contribution >= 4 is 150 Å². The van der Waals surface area contributed by atoms with Crippen LogP contribution in [-0.2, 0) is 0 Å². The van der Waals surface area contributed by atoms with Crippen LogP contribution in [0.1, 0.15) is 45.4 Å². The van der Waals surface area contributed by atoms with E-state index in [-0.39, 0.29) is 5.92 Å². The molecule has 2 aromatic heterocycles. The zero-order valence-electron chi connectivity index (χ0n) is 24.7. The van der Waals surface area contributed by atoms with E-state index in [4.69, 9.17) is 9.98 Å². The number of hydrogen-bond acceptors (Lipinski definition) is 2. The van der Waals surface area contributed by atoms with E-state index in [0.717, 1.165) is 97.8 Å². The highest BCUT2D eigenvalue weighted by Gasteiger charge is 2.37. The van der Waals surface area contributed by atoms with Gasteiger partial charge in [0.15, 0.2) is 0 Å². The van der Waals surface area contributed by atoms with Gasteiger partial charge in [-0.25, -0.2) is 9.98 Å². The first-order valence-electron chi connectivity index (χ1n) is 14.8. The molecule has 0 aliphatic carbocycles. The van der Waals surface area contributed by atoms with Gasteiger partial charge in [-0.05, 0) is 144 Å². The molecule has 0 amide bonds. The van der Waals surface area contributed by atoms with Crippen LogP contribution in [0, 0.1) is 0 Å². The summed E-state index contributed by atoms with van der Waals surface area (Å²) in [4.78, 5) is 18.4. The van der Waals surface area contributed by atoms with E-state index in [1.807, 2.05) is 42.5 Å². The number of hydrogen-bond donors (Lipinski definition) is 2. The number of halogens is 8. The van der Waals surface area contributed by atoms with Crippen molar-refractivity contribution in [1.29, 1.82) is 0 Å². The molecule has 0 saturated carbocycles. The predicted octanol–water partition coefficient (Wildman–Crippen LogP) is 14.0. The number of aromatic amines is 2. The Kier molecular flexibility index (Phi) is 9.65. The minimum Gasteiger partial charge on any atom is -0.356 e. The maximum Gasteiger partial charge on any atom is 0.106 e. The van der Waals surface area contributed by atoms with Gasteiger partial charge >= 0.3 is 0 Å². The van der Waals surface area contributed by atoms with E-state index >= 15 is 0 Å². The third-order valence-electron chi connectivity index (χ3n) is 8.51. The molecule has 242 valence electrons.